The van der Waals surface area contributed by atoms with E-state index >= 15 is 0 Å². The van der Waals surface area contributed by atoms with Crippen LogP contribution in [-0.2, 0) is 29.1 Å². The van der Waals surface area contributed by atoms with Gasteiger partial charge in [0.05, 0.1) is 24.4 Å². The van der Waals surface area contributed by atoms with Crippen molar-refractivity contribution >= 4 is 17.6 Å². The highest BCUT2D eigenvalue weighted by Gasteiger charge is 2.20. The standard InChI is InChI=1S/C24H22ClFN2O3/c1-30-23(29)14-28-12-11-21-16(13-28)9-10-22(27-21)31-15-17-5-4-7-19(24(17)25)18-6-2-3-8-20(18)26/h2-10H,11-15H2,1H3. The summed E-state index contributed by atoms with van der Waals surface area (Å²) >= 11 is 6.56. The van der Waals surface area contributed by atoms with E-state index in [9.17, 15) is 9.18 Å². The molecule has 5 nitrogen and oxygen atoms in total. The van der Waals surface area contributed by atoms with Gasteiger partial charge in [0.2, 0.25) is 5.88 Å². The summed E-state index contributed by atoms with van der Waals surface area (Å²) in [6, 6.07) is 15.8. The zero-order chi connectivity index (χ0) is 21.8. The van der Waals surface area contributed by atoms with Crippen LogP contribution in [-0.4, -0.2) is 36.1 Å². The molecule has 0 N–H and O–H groups in total. The number of aromatic nitrogens is 1. The first-order chi connectivity index (χ1) is 15.0. The number of esters is 1. The van der Waals surface area contributed by atoms with Crippen LogP contribution in [0, 0.1) is 5.82 Å². The van der Waals surface area contributed by atoms with Gasteiger partial charge < -0.3 is 9.47 Å². The summed E-state index contributed by atoms with van der Waals surface area (Å²) in [4.78, 5) is 18.1. The second-order valence-corrected chi connectivity index (χ2v) is 7.72. The number of halogens is 2. The van der Waals surface area contributed by atoms with Gasteiger partial charge in [-0.3, -0.25) is 9.69 Å². The number of benzene rings is 2. The predicted octanol–water partition coefficient (Wildman–Crippen LogP) is 4.65. The van der Waals surface area contributed by atoms with Crippen LogP contribution in [0.15, 0.2) is 54.6 Å². The van der Waals surface area contributed by atoms with Crippen molar-refractivity contribution in [1.29, 1.82) is 0 Å². The van der Waals surface area contributed by atoms with Crippen LogP contribution in [0.25, 0.3) is 11.1 Å². The maximum absolute atomic E-state index is 14.2. The van der Waals surface area contributed by atoms with Crippen molar-refractivity contribution in [1.82, 2.24) is 9.88 Å². The van der Waals surface area contributed by atoms with E-state index in [1.165, 1.54) is 13.2 Å². The molecular formula is C24H22ClFN2O3. The molecule has 2 aromatic carbocycles. The predicted molar refractivity (Wildman–Crippen MR) is 116 cm³/mol. The van der Waals surface area contributed by atoms with Crippen molar-refractivity contribution in [3.05, 3.63) is 82.3 Å². The average Bonchev–Trinajstić information content (AvgIpc) is 2.79. The van der Waals surface area contributed by atoms with Gasteiger partial charge in [-0.05, 0) is 11.6 Å². The van der Waals surface area contributed by atoms with Crippen molar-refractivity contribution in [2.75, 3.05) is 20.2 Å². The van der Waals surface area contributed by atoms with E-state index in [0.717, 1.165) is 29.8 Å². The lowest BCUT2D eigenvalue weighted by atomic mass is 10.0. The smallest absolute Gasteiger partial charge is 0.319 e. The summed E-state index contributed by atoms with van der Waals surface area (Å²) in [7, 11) is 1.39. The summed E-state index contributed by atoms with van der Waals surface area (Å²) in [5, 5.41) is 0.462. The molecule has 0 saturated carbocycles. The molecule has 160 valence electrons. The molecule has 0 saturated heterocycles. The lowest BCUT2D eigenvalue weighted by Gasteiger charge is -2.27. The number of hydrogen-bond donors (Lipinski definition) is 0. The Kier molecular flexibility index (Phi) is 6.49. The number of carbonyl (C=O) groups excluding carboxylic acids is 1. The third-order valence-electron chi connectivity index (χ3n) is 5.30. The molecule has 31 heavy (non-hydrogen) atoms. The largest absolute Gasteiger partial charge is 0.473 e. The van der Waals surface area contributed by atoms with Crippen LogP contribution in [0.4, 0.5) is 4.39 Å². The number of nitrogens with zero attached hydrogens (tertiary/aromatic N) is 2. The van der Waals surface area contributed by atoms with Gasteiger partial charge in [0.1, 0.15) is 12.4 Å². The molecule has 0 spiro atoms. The van der Waals surface area contributed by atoms with E-state index in [1.54, 1.807) is 24.3 Å². The van der Waals surface area contributed by atoms with E-state index in [2.05, 4.69) is 4.98 Å². The first-order valence-electron chi connectivity index (χ1n) is 9.98. The molecule has 4 rings (SSSR count). The SMILES string of the molecule is COC(=O)CN1CCc2nc(OCc3cccc(-c4ccccc4F)c3Cl)ccc2C1. The zero-order valence-corrected chi connectivity index (χ0v) is 17.9. The number of ether oxygens (including phenoxy) is 2. The van der Waals surface area contributed by atoms with E-state index in [-0.39, 0.29) is 24.9 Å². The Morgan fingerprint density at radius 3 is 2.74 bits per heavy atom. The molecule has 0 bridgehead atoms. The molecule has 0 fully saturated rings. The highest BCUT2D eigenvalue weighted by Crippen LogP contribution is 2.33. The number of pyridine rings is 1. The van der Waals surface area contributed by atoms with Gasteiger partial charge in [0.15, 0.2) is 0 Å². The van der Waals surface area contributed by atoms with Gasteiger partial charge >= 0.3 is 5.97 Å². The van der Waals surface area contributed by atoms with Gasteiger partial charge in [0.25, 0.3) is 0 Å². The molecule has 2 heterocycles. The van der Waals surface area contributed by atoms with Gasteiger partial charge in [-0.25, -0.2) is 9.37 Å². The van der Waals surface area contributed by atoms with Crippen LogP contribution in [0.5, 0.6) is 5.88 Å². The monoisotopic (exact) mass is 440 g/mol. The molecule has 1 aliphatic heterocycles. The molecular weight excluding hydrogens is 419 g/mol. The molecule has 0 aliphatic carbocycles. The second kappa shape index (κ2) is 9.45. The van der Waals surface area contributed by atoms with Crippen molar-refractivity contribution < 1.29 is 18.7 Å². The number of rotatable bonds is 6. The summed E-state index contributed by atoms with van der Waals surface area (Å²) in [6.07, 6.45) is 0.729. The molecule has 0 radical (unpaired) electrons. The van der Waals surface area contributed by atoms with Crippen molar-refractivity contribution in [2.24, 2.45) is 0 Å². The highest BCUT2D eigenvalue weighted by atomic mass is 35.5. The maximum atomic E-state index is 14.2. The topological polar surface area (TPSA) is 51.7 Å². The minimum absolute atomic E-state index is 0.224. The number of fused-ring (bicyclic) bond motifs is 1. The van der Waals surface area contributed by atoms with Gasteiger partial charge in [0, 0.05) is 42.3 Å². The zero-order valence-electron chi connectivity index (χ0n) is 17.1. The van der Waals surface area contributed by atoms with Crippen molar-refractivity contribution in [2.45, 2.75) is 19.6 Å². The van der Waals surface area contributed by atoms with E-state index in [0.29, 0.717) is 28.6 Å². The minimum Gasteiger partial charge on any atom is -0.473 e. The molecule has 1 aliphatic rings. The first-order valence-corrected chi connectivity index (χ1v) is 10.4. The van der Waals surface area contributed by atoms with Gasteiger partial charge in [-0.15, -0.1) is 0 Å². The van der Waals surface area contributed by atoms with Crippen LogP contribution in [0.1, 0.15) is 16.8 Å². The van der Waals surface area contributed by atoms with Gasteiger partial charge in [-0.2, -0.15) is 0 Å². The summed E-state index contributed by atoms with van der Waals surface area (Å²) in [5.74, 6) is -0.0570. The number of methoxy groups -OCH3 is 1. The van der Waals surface area contributed by atoms with Gasteiger partial charge in [-0.1, -0.05) is 54.1 Å². The lowest BCUT2D eigenvalue weighted by Crippen LogP contribution is -2.35. The number of carbonyl (C=O) groups is 1. The van der Waals surface area contributed by atoms with E-state index in [1.807, 2.05) is 29.2 Å². The fourth-order valence-corrected chi connectivity index (χ4v) is 3.93. The Morgan fingerprint density at radius 2 is 1.94 bits per heavy atom. The van der Waals surface area contributed by atoms with E-state index < -0.39 is 0 Å². The maximum Gasteiger partial charge on any atom is 0.319 e. The minimum atomic E-state index is -0.319. The summed E-state index contributed by atoms with van der Waals surface area (Å²) in [5.41, 5.74) is 3.88. The summed E-state index contributed by atoms with van der Waals surface area (Å²) < 4.78 is 24.8. The molecule has 0 amide bonds. The Hall–Kier alpha value is -2.96. The Bertz CT molecular complexity index is 1110. The fourth-order valence-electron chi connectivity index (χ4n) is 3.65. The number of hydrogen-bond acceptors (Lipinski definition) is 5. The molecule has 0 unspecified atom stereocenters. The third kappa shape index (κ3) is 4.86. The molecule has 3 aromatic rings. The van der Waals surface area contributed by atoms with E-state index in [4.69, 9.17) is 21.1 Å². The fraction of sp³-hybridized carbons (Fsp3) is 0.250. The lowest BCUT2D eigenvalue weighted by molar-refractivity contribution is -0.142. The van der Waals surface area contributed by atoms with Crippen molar-refractivity contribution in [3.63, 3.8) is 0 Å². The second-order valence-electron chi connectivity index (χ2n) is 7.34. The normalized spacial score (nSPS) is 13.5. The first kappa shape index (κ1) is 21.3. The van der Waals surface area contributed by atoms with Crippen LogP contribution >= 0.6 is 11.6 Å². The van der Waals surface area contributed by atoms with Crippen molar-refractivity contribution in [3.8, 4) is 17.0 Å². The van der Waals surface area contributed by atoms with Crippen LogP contribution in [0.2, 0.25) is 5.02 Å². The highest BCUT2D eigenvalue weighted by molar-refractivity contribution is 6.34. The Morgan fingerprint density at radius 1 is 1.13 bits per heavy atom. The Balaban J connectivity index is 1.46. The summed E-state index contributed by atoms with van der Waals surface area (Å²) in [6.45, 7) is 1.87. The molecule has 7 heteroatoms. The third-order valence-corrected chi connectivity index (χ3v) is 5.75. The quantitative estimate of drug-likeness (QED) is 0.522. The Labute approximate surface area is 185 Å². The van der Waals surface area contributed by atoms with Crippen LogP contribution < -0.4 is 4.74 Å². The average molecular weight is 441 g/mol. The van der Waals surface area contributed by atoms with Crippen LogP contribution in [0.3, 0.4) is 0 Å². The molecule has 0 atom stereocenters. The molecule has 1 aromatic heterocycles.